The van der Waals surface area contributed by atoms with Crippen molar-refractivity contribution in [2.45, 2.75) is 19.4 Å². The Morgan fingerprint density at radius 3 is 2.79 bits per heavy atom. The lowest BCUT2D eigenvalue weighted by atomic mass is 10.1. The lowest BCUT2D eigenvalue weighted by molar-refractivity contribution is 0.0865. The summed E-state index contributed by atoms with van der Waals surface area (Å²) in [7, 11) is 1.60. The SMILES string of the molecule is COc1ccc2[nH]c(C(=O)NC(C)(C)CO)cc2c1. The molecule has 0 saturated carbocycles. The zero-order valence-electron chi connectivity index (χ0n) is 11.3. The molecule has 0 atom stereocenters. The van der Waals surface area contributed by atoms with Crippen molar-refractivity contribution in [1.82, 2.24) is 10.3 Å². The van der Waals surface area contributed by atoms with Crippen molar-refractivity contribution >= 4 is 16.8 Å². The van der Waals surface area contributed by atoms with Gasteiger partial charge in [0.2, 0.25) is 0 Å². The normalized spacial score (nSPS) is 11.6. The van der Waals surface area contributed by atoms with E-state index in [-0.39, 0.29) is 12.5 Å². The molecule has 2 rings (SSSR count). The van der Waals surface area contributed by atoms with E-state index in [1.165, 1.54) is 0 Å². The summed E-state index contributed by atoms with van der Waals surface area (Å²) in [4.78, 5) is 15.1. The Morgan fingerprint density at radius 2 is 2.16 bits per heavy atom. The van der Waals surface area contributed by atoms with Crippen LogP contribution < -0.4 is 10.1 Å². The van der Waals surface area contributed by atoms with Crippen molar-refractivity contribution in [1.29, 1.82) is 0 Å². The molecule has 19 heavy (non-hydrogen) atoms. The van der Waals surface area contributed by atoms with Crippen LogP contribution in [0.3, 0.4) is 0 Å². The second-order valence-corrected chi connectivity index (χ2v) is 5.13. The summed E-state index contributed by atoms with van der Waals surface area (Å²) >= 11 is 0. The van der Waals surface area contributed by atoms with E-state index in [0.717, 1.165) is 16.7 Å². The number of carbonyl (C=O) groups excluding carboxylic acids is 1. The van der Waals surface area contributed by atoms with Gasteiger partial charge in [-0.25, -0.2) is 0 Å². The van der Waals surface area contributed by atoms with Gasteiger partial charge >= 0.3 is 0 Å². The molecule has 0 fully saturated rings. The van der Waals surface area contributed by atoms with Crippen molar-refractivity contribution in [3.05, 3.63) is 30.0 Å². The molecule has 0 aliphatic rings. The highest BCUT2D eigenvalue weighted by molar-refractivity contribution is 5.98. The number of hydrogen-bond acceptors (Lipinski definition) is 3. The molecule has 1 aromatic heterocycles. The molecule has 0 aliphatic heterocycles. The summed E-state index contributed by atoms with van der Waals surface area (Å²) < 4.78 is 5.14. The Hall–Kier alpha value is -2.01. The predicted molar refractivity (Wildman–Crippen MR) is 73.5 cm³/mol. The second-order valence-electron chi connectivity index (χ2n) is 5.13. The average molecular weight is 262 g/mol. The summed E-state index contributed by atoms with van der Waals surface area (Å²) in [6.07, 6.45) is 0. The first kappa shape index (κ1) is 13.4. The van der Waals surface area contributed by atoms with Crippen LogP contribution >= 0.6 is 0 Å². The Morgan fingerprint density at radius 1 is 1.42 bits per heavy atom. The number of aliphatic hydroxyl groups excluding tert-OH is 1. The minimum absolute atomic E-state index is 0.118. The number of aromatic amines is 1. The monoisotopic (exact) mass is 262 g/mol. The molecule has 0 unspecified atom stereocenters. The number of methoxy groups -OCH3 is 1. The molecular weight excluding hydrogens is 244 g/mol. The first-order valence-electron chi connectivity index (χ1n) is 6.05. The Kier molecular flexibility index (Phi) is 3.48. The lowest BCUT2D eigenvalue weighted by Gasteiger charge is -2.22. The summed E-state index contributed by atoms with van der Waals surface area (Å²) in [5.74, 6) is 0.503. The van der Waals surface area contributed by atoms with Gasteiger partial charge in [0.25, 0.3) is 5.91 Å². The van der Waals surface area contributed by atoms with Gasteiger partial charge in [-0.05, 0) is 38.1 Å². The molecule has 5 nitrogen and oxygen atoms in total. The van der Waals surface area contributed by atoms with Crippen molar-refractivity contribution in [2.24, 2.45) is 0 Å². The van der Waals surface area contributed by atoms with Gasteiger partial charge in [0.05, 0.1) is 19.3 Å². The molecular formula is C14H18N2O3. The number of hydrogen-bond donors (Lipinski definition) is 3. The van der Waals surface area contributed by atoms with E-state index in [1.807, 2.05) is 18.2 Å². The third-order valence-electron chi connectivity index (χ3n) is 2.92. The van der Waals surface area contributed by atoms with Gasteiger partial charge in [-0.3, -0.25) is 4.79 Å². The Balaban J connectivity index is 2.28. The van der Waals surface area contributed by atoms with Crippen LogP contribution in [-0.4, -0.2) is 35.3 Å². The molecule has 1 aromatic carbocycles. The quantitative estimate of drug-likeness (QED) is 0.784. The number of benzene rings is 1. The minimum Gasteiger partial charge on any atom is -0.497 e. The van der Waals surface area contributed by atoms with Gasteiger partial charge < -0.3 is 20.1 Å². The molecule has 0 aliphatic carbocycles. The number of H-pyrrole nitrogens is 1. The minimum atomic E-state index is -0.647. The maximum atomic E-state index is 12.1. The highest BCUT2D eigenvalue weighted by atomic mass is 16.5. The predicted octanol–water partition coefficient (Wildman–Crippen LogP) is 1.68. The fourth-order valence-electron chi connectivity index (χ4n) is 1.77. The van der Waals surface area contributed by atoms with Gasteiger partial charge in [-0.1, -0.05) is 0 Å². The summed E-state index contributed by atoms with van der Waals surface area (Å²) in [6, 6.07) is 7.32. The van der Waals surface area contributed by atoms with Crippen LogP contribution in [0.25, 0.3) is 10.9 Å². The van der Waals surface area contributed by atoms with Crippen LogP contribution in [-0.2, 0) is 0 Å². The molecule has 5 heteroatoms. The van der Waals surface area contributed by atoms with E-state index >= 15 is 0 Å². The van der Waals surface area contributed by atoms with Crippen LogP contribution in [0, 0.1) is 0 Å². The molecule has 1 amide bonds. The summed E-state index contributed by atoms with van der Waals surface area (Å²) in [5, 5.41) is 12.8. The topological polar surface area (TPSA) is 74.4 Å². The number of amides is 1. The fraction of sp³-hybridized carbons (Fsp3) is 0.357. The van der Waals surface area contributed by atoms with Crippen molar-refractivity contribution in [2.75, 3.05) is 13.7 Å². The maximum Gasteiger partial charge on any atom is 0.268 e. The average Bonchev–Trinajstić information content (AvgIpc) is 2.81. The van der Waals surface area contributed by atoms with E-state index < -0.39 is 5.54 Å². The van der Waals surface area contributed by atoms with E-state index in [9.17, 15) is 4.79 Å². The Bertz CT molecular complexity index is 602. The largest absolute Gasteiger partial charge is 0.497 e. The van der Waals surface area contributed by atoms with Gasteiger partial charge in [0.15, 0.2) is 0 Å². The number of rotatable bonds is 4. The third kappa shape index (κ3) is 2.88. The standard InChI is InChI=1S/C14H18N2O3/c1-14(2,8-17)16-13(18)12-7-9-6-10(19-3)4-5-11(9)15-12/h4-7,15,17H,8H2,1-3H3,(H,16,18). The molecule has 0 spiro atoms. The second kappa shape index (κ2) is 4.93. The molecule has 2 aromatic rings. The molecule has 0 radical (unpaired) electrons. The van der Waals surface area contributed by atoms with Crippen molar-refractivity contribution in [3.8, 4) is 5.75 Å². The van der Waals surface area contributed by atoms with Crippen LogP contribution in [0.1, 0.15) is 24.3 Å². The zero-order valence-corrected chi connectivity index (χ0v) is 11.3. The van der Waals surface area contributed by atoms with E-state index in [1.54, 1.807) is 27.0 Å². The number of aromatic nitrogens is 1. The van der Waals surface area contributed by atoms with Crippen LogP contribution in [0.4, 0.5) is 0 Å². The smallest absolute Gasteiger partial charge is 0.268 e. The lowest BCUT2D eigenvalue weighted by Crippen LogP contribution is -2.46. The molecule has 0 bridgehead atoms. The number of carbonyl (C=O) groups is 1. The first-order valence-corrected chi connectivity index (χ1v) is 6.05. The Labute approximate surface area is 111 Å². The first-order chi connectivity index (χ1) is 8.95. The van der Waals surface area contributed by atoms with Crippen molar-refractivity contribution in [3.63, 3.8) is 0 Å². The fourth-order valence-corrected chi connectivity index (χ4v) is 1.77. The zero-order chi connectivity index (χ0) is 14.0. The molecule has 102 valence electrons. The van der Waals surface area contributed by atoms with Gasteiger partial charge in [-0.2, -0.15) is 0 Å². The maximum absolute atomic E-state index is 12.1. The van der Waals surface area contributed by atoms with Gasteiger partial charge in [-0.15, -0.1) is 0 Å². The van der Waals surface area contributed by atoms with Gasteiger partial charge in [0, 0.05) is 10.9 Å². The van der Waals surface area contributed by atoms with Crippen molar-refractivity contribution < 1.29 is 14.6 Å². The third-order valence-corrected chi connectivity index (χ3v) is 2.92. The van der Waals surface area contributed by atoms with Gasteiger partial charge in [0.1, 0.15) is 11.4 Å². The van der Waals surface area contributed by atoms with E-state index in [4.69, 9.17) is 9.84 Å². The summed E-state index contributed by atoms with van der Waals surface area (Å²) in [6.45, 7) is 3.40. The van der Waals surface area contributed by atoms with E-state index in [2.05, 4.69) is 10.3 Å². The number of fused-ring (bicyclic) bond motifs is 1. The highest BCUT2D eigenvalue weighted by Crippen LogP contribution is 2.21. The molecule has 1 heterocycles. The highest BCUT2D eigenvalue weighted by Gasteiger charge is 2.21. The van der Waals surface area contributed by atoms with Crippen LogP contribution in [0.15, 0.2) is 24.3 Å². The molecule has 3 N–H and O–H groups in total. The van der Waals surface area contributed by atoms with Crippen LogP contribution in [0.2, 0.25) is 0 Å². The number of ether oxygens (including phenoxy) is 1. The molecule has 0 saturated heterocycles. The number of nitrogens with one attached hydrogen (secondary N) is 2. The number of aliphatic hydroxyl groups is 1. The van der Waals surface area contributed by atoms with Crippen LogP contribution in [0.5, 0.6) is 5.75 Å². The van der Waals surface area contributed by atoms with E-state index in [0.29, 0.717) is 5.69 Å². The summed E-state index contributed by atoms with van der Waals surface area (Å²) in [5.41, 5.74) is 0.684.